The van der Waals surface area contributed by atoms with Crippen LogP contribution in [0.3, 0.4) is 0 Å². The van der Waals surface area contributed by atoms with Crippen molar-refractivity contribution in [1.82, 2.24) is 15.6 Å². The molecule has 2 aromatic rings. The van der Waals surface area contributed by atoms with Gasteiger partial charge in [0.1, 0.15) is 0 Å². The van der Waals surface area contributed by atoms with E-state index < -0.39 is 0 Å². The molecule has 1 fully saturated rings. The van der Waals surface area contributed by atoms with Crippen molar-refractivity contribution in [2.45, 2.75) is 0 Å². The van der Waals surface area contributed by atoms with Crippen molar-refractivity contribution in [3.05, 3.63) is 66.0 Å². The second-order valence-electron chi connectivity index (χ2n) is 6.31. The first-order chi connectivity index (χ1) is 13.7. The molecule has 1 aromatic carbocycles. The molecule has 1 aromatic heterocycles. The quantitative estimate of drug-likeness (QED) is 0.562. The van der Waals surface area contributed by atoms with Crippen LogP contribution in [0.1, 0.15) is 15.9 Å². The van der Waals surface area contributed by atoms with Crippen LogP contribution in [0, 0.1) is 0 Å². The van der Waals surface area contributed by atoms with E-state index in [1.807, 2.05) is 12.1 Å². The third-order valence-corrected chi connectivity index (χ3v) is 4.33. The molecule has 3 rings (SSSR count). The zero-order valence-corrected chi connectivity index (χ0v) is 15.6. The predicted octanol–water partition coefficient (Wildman–Crippen LogP) is 1.48. The molecule has 7 heteroatoms. The number of carbonyl (C=O) groups excluding carboxylic acids is 2. The summed E-state index contributed by atoms with van der Waals surface area (Å²) >= 11 is 0. The highest BCUT2D eigenvalue weighted by atomic mass is 16.5. The topological polar surface area (TPSA) is 83.6 Å². The van der Waals surface area contributed by atoms with Gasteiger partial charge >= 0.3 is 0 Å². The maximum absolute atomic E-state index is 11.9. The number of hydrogen-bond donors (Lipinski definition) is 2. The van der Waals surface area contributed by atoms with Crippen LogP contribution in [0.25, 0.3) is 6.08 Å². The molecule has 28 heavy (non-hydrogen) atoms. The summed E-state index contributed by atoms with van der Waals surface area (Å²) in [4.78, 5) is 29.9. The lowest BCUT2D eigenvalue weighted by Gasteiger charge is -2.28. The fourth-order valence-corrected chi connectivity index (χ4v) is 2.81. The summed E-state index contributed by atoms with van der Waals surface area (Å²) in [6.07, 6.45) is 6.37. The van der Waals surface area contributed by atoms with Crippen molar-refractivity contribution in [2.24, 2.45) is 0 Å². The molecule has 146 valence electrons. The molecule has 7 nitrogen and oxygen atoms in total. The van der Waals surface area contributed by atoms with Gasteiger partial charge in [0, 0.05) is 50.3 Å². The minimum atomic E-state index is -0.210. The van der Waals surface area contributed by atoms with Gasteiger partial charge in [-0.15, -0.1) is 0 Å². The Morgan fingerprint density at radius 1 is 1.07 bits per heavy atom. The number of nitrogens with zero attached hydrogens (tertiary/aromatic N) is 2. The van der Waals surface area contributed by atoms with Crippen molar-refractivity contribution < 1.29 is 14.3 Å². The minimum absolute atomic E-state index is 0.201. The van der Waals surface area contributed by atoms with E-state index in [-0.39, 0.29) is 11.8 Å². The molecule has 2 heterocycles. The monoisotopic (exact) mass is 380 g/mol. The zero-order valence-electron chi connectivity index (χ0n) is 15.6. The molecule has 2 N–H and O–H groups in total. The number of ether oxygens (including phenoxy) is 1. The van der Waals surface area contributed by atoms with E-state index in [0.29, 0.717) is 18.7 Å². The lowest BCUT2D eigenvalue weighted by molar-refractivity contribution is -0.116. The largest absolute Gasteiger partial charge is 0.378 e. The van der Waals surface area contributed by atoms with Gasteiger partial charge in [-0.2, -0.15) is 0 Å². The van der Waals surface area contributed by atoms with Crippen LogP contribution < -0.4 is 15.5 Å². The molecule has 2 amide bonds. The van der Waals surface area contributed by atoms with Gasteiger partial charge in [0.25, 0.3) is 5.91 Å². The van der Waals surface area contributed by atoms with E-state index in [4.69, 9.17) is 4.74 Å². The van der Waals surface area contributed by atoms with Crippen LogP contribution in [-0.4, -0.2) is 56.2 Å². The van der Waals surface area contributed by atoms with Gasteiger partial charge in [0.2, 0.25) is 5.91 Å². The third kappa shape index (κ3) is 5.92. The SMILES string of the molecule is O=C(C=Cc1ccc(N2CCOCC2)cc1)NCCNC(=O)c1cccnc1. The standard InChI is InChI=1S/C21H24N4O3/c26-20(23-10-11-24-21(27)18-2-1-9-22-16-18)8-5-17-3-6-19(7-4-17)25-12-14-28-15-13-25/h1-9,16H,10-15H2,(H,23,26)(H,24,27). The van der Waals surface area contributed by atoms with Crippen molar-refractivity contribution in [1.29, 1.82) is 0 Å². The Labute approximate surface area is 164 Å². The fraction of sp³-hybridized carbons (Fsp3) is 0.286. The van der Waals surface area contributed by atoms with Gasteiger partial charge in [0.15, 0.2) is 0 Å². The predicted molar refractivity (Wildman–Crippen MR) is 108 cm³/mol. The molecular formula is C21H24N4O3. The Hall–Kier alpha value is -3.19. The van der Waals surface area contributed by atoms with Crippen molar-refractivity contribution >= 4 is 23.6 Å². The lowest BCUT2D eigenvalue weighted by atomic mass is 10.1. The number of hydrogen-bond acceptors (Lipinski definition) is 5. The number of anilines is 1. The molecule has 0 aliphatic carbocycles. The summed E-state index contributed by atoms with van der Waals surface area (Å²) in [6.45, 7) is 4.01. The first-order valence-corrected chi connectivity index (χ1v) is 9.29. The maximum Gasteiger partial charge on any atom is 0.252 e. The Morgan fingerprint density at radius 2 is 1.82 bits per heavy atom. The fourth-order valence-electron chi connectivity index (χ4n) is 2.81. The molecule has 0 radical (unpaired) electrons. The minimum Gasteiger partial charge on any atom is -0.378 e. The highest BCUT2D eigenvalue weighted by Gasteiger charge is 2.10. The van der Waals surface area contributed by atoms with Crippen LogP contribution in [0.2, 0.25) is 0 Å². The Bertz CT molecular complexity index is 800. The molecule has 0 atom stereocenters. The van der Waals surface area contributed by atoms with Crippen LogP contribution in [0.15, 0.2) is 54.9 Å². The number of aromatic nitrogens is 1. The Morgan fingerprint density at radius 3 is 2.54 bits per heavy atom. The summed E-state index contributed by atoms with van der Waals surface area (Å²) in [5.41, 5.74) is 2.61. The Kier molecular flexibility index (Phi) is 7.14. The number of morpholine rings is 1. The smallest absolute Gasteiger partial charge is 0.252 e. The number of nitrogens with one attached hydrogen (secondary N) is 2. The van der Waals surface area contributed by atoms with Crippen LogP contribution in [0.4, 0.5) is 5.69 Å². The second kappa shape index (κ2) is 10.2. The number of pyridine rings is 1. The highest BCUT2D eigenvalue weighted by Crippen LogP contribution is 2.17. The summed E-state index contributed by atoms with van der Waals surface area (Å²) in [6, 6.07) is 11.5. The molecule has 0 spiro atoms. The van der Waals surface area contributed by atoms with E-state index in [1.165, 1.54) is 12.3 Å². The zero-order chi connectivity index (χ0) is 19.6. The molecule has 1 saturated heterocycles. The number of benzene rings is 1. The normalized spacial score (nSPS) is 14.1. The first-order valence-electron chi connectivity index (χ1n) is 9.29. The lowest BCUT2D eigenvalue weighted by Crippen LogP contribution is -2.36. The van der Waals surface area contributed by atoms with Gasteiger partial charge in [-0.1, -0.05) is 12.1 Å². The molecular weight excluding hydrogens is 356 g/mol. The van der Waals surface area contributed by atoms with Gasteiger partial charge in [-0.25, -0.2) is 0 Å². The van der Waals surface area contributed by atoms with Crippen LogP contribution in [0.5, 0.6) is 0 Å². The maximum atomic E-state index is 11.9. The molecule has 1 aliphatic rings. The molecule has 0 unspecified atom stereocenters. The molecule has 0 bridgehead atoms. The first kappa shape index (κ1) is 19.6. The van der Waals surface area contributed by atoms with Gasteiger partial charge in [-0.3, -0.25) is 14.6 Å². The number of rotatable bonds is 7. The highest BCUT2D eigenvalue weighted by molar-refractivity contribution is 5.94. The summed E-state index contributed by atoms with van der Waals surface area (Å²) < 4.78 is 5.36. The summed E-state index contributed by atoms with van der Waals surface area (Å²) in [5, 5.41) is 5.48. The number of amides is 2. The van der Waals surface area contributed by atoms with E-state index >= 15 is 0 Å². The third-order valence-electron chi connectivity index (χ3n) is 4.33. The van der Waals surface area contributed by atoms with E-state index in [2.05, 4.69) is 32.7 Å². The van der Waals surface area contributed by atoms with Gasteiger partial charge < -0.3 is 20.3 Å². The number of carbonyl (C=O) groups is 2. The van der Waals surface area contributed by atoms with Gasteiger partial charge in [0.05, 0.1) is 18.8 Å². The summed E-state index contributed by atoms with van der Waals surface area (Å²) in [7, 11) is 0. The van der Waals surface area contributed by atoms with Gasteiger partial charge in [-0.05, 0) is 35.9 Å². The second-order valence-corrected chi connectivity index (χ2v) is 6.31. The average Bonchev–Trinajstić information content (AvgIpc) is 2.76. The van der Waals surface area contributed by atoms with Crippen LogP contribution in [-0.2, 0) is 9.53 Å². The molecule has 1 aliphatic heterocycles. The summed E-state index contributed by atoms with van der Waals surface area (Å²) in [5.74, 6) is -0.411. The average molecular weight is 380 g/mol. The van der Waals surface area contributed by atoms with Crippen molar-refractivity contribution in [2.75, 3.05) is 44.3 Å². The van der Waals surface area contributed by atoms with E-state index in [0.717, 1.165) is 37.6 Å². The Balaban J connectivity index is 1.38. The van der Waals surface area contributed by atoms with Crippen molar-refractivity contribution in [3.63, 3.8) is 0 Å². The molecule has 0 saturated carbocycles. The van der Waals surface area contributed by atoms with Crippen molar-refractivity contribution in [3.8, 4) is 0 Å². The van der Waals surface area contributed by atoms with E-state index in [9.17, 15) is 9.59 Å². The van der Waals surface area contributed by atoms with E-state index in [1.54, 1.807) is 24.4 Å². The van der Waals surface area contributed by atoms with Crippen LogP contribution >= 0.6 is 0 Å².